The predicted octanol–water partition coefficient (Wildman–Crippen LogP) is 3.59. The van der Waals surface area contributed by atoms with Crippen molar-refractivity contribution in [3.63, 3.8) is 0 Å². The highest BCUT2D eigenvalue weighted by molar-refractivity contribution is 5.67. The van der Waals surface area contributed by atoms with Gasteiger partial charge in [-0.05, 0) is 12.1 Å². The minimum Gasteiger partial charge on any atom is -0.494 e. The van der Waals surface area contributed by atoms with Crippen molar-refractivity contribution in [1.29, 1.82) is 0 Å². The monoisotopic (exact) mass is 263 g/mol. The van der Waals surface area contributed by atoms with Gasteiger partial charge in [0.1, 0.15) is 5.76 Å². The van der Waals surface area contributed by atoms with Crippen molar-refractivity contribution in [2.45, 2.75) is 26.4 Å². The van der Waals surface area contributed by atoms with E-state index in [1.54, 1.807) is 30.5 Å². The molecule has 0 saturated heterocycles. The van der Waals surface area contributed by atoms with E-state index in [1.165, 1.54) is 7.11 Å². The number of benzene rings is 1. The highest BCUT2D eigenvalue weighted by Gasteiger charge is 2.15. The van der Waals surface area contributed by atoms with Gasteiger partial charge in [-0.15, -0.1) is 0 Å². The zero-order valence-electron chi connectivity index (χ0n) is 11.4. The summed E-state index contributed by atoms with van der Waals surface area (Å²) in [6, 6.07) is 7.21. The number of nitrogens with one attached hydrogen (secondary N) is 1. The van der Waals surface area contributed by atoms with Gasteiger partial charge in [-0.25, -0.2) is 4.39 Å². The third kappa shape index (κ3) is 2.96. The van der Waals surface area contributed by atoms with E-state index in [4.69, 9.17) is 9.15 Å². The average Bonchev–Trinajstić information content (AvgIpc) is 2.85. The summed E-state index contributed by atoms with van der Waals surface area (Å²) in [5.41, 5.74) is 1.25. The van der Waals surface area contributed by atoms with Crippen LogP contribution in [0.25, 0.3) is 11.1 Å². The molecule has 0 saturated carbocycles. The zero-order chi connectivity index (χ0) is 13.8. The van der Waals surface area contributed by atoms with Gasteiger partial charge in [0.15, 0.2) is 11.6 Å². The molecule has 0 unspecified atom stereocenters. The SMILES string of the molecule is COc1cccc(-c2ccoc2CNC(C)C)c1F. The van der Waals surface area contributed by atoms with Crippen LogP contribution < -0.4 is 10.1 Å². The molecular weight excluding hydrogens is 245 g/mol. The number of hydrogen-bond acceptors (Lipinski definition) is 3. The van der Waals surface area contributed by atoms with E-state index in [1.807, 2.05) is 0 Å². The molecular formula is C15H18FNO2. The largest absolute Gasteiger partial charge is 0.494 e. The maximum atomic E-state index is 14.2. The Balaban J connectivity index is 2.34. The van der Waals surface area contributed by atoms with Crippen LogP contribution in [0, 0.1) is 5.82 Å². The van der Waals surface area contributed by atoms with E-state index in [9.17, 15) is 4.39 Å². The Bertz CT molecular complexity index is 549. The minimum atomic E-state index is -0.364. The first-order valence-corrected chi connectivity index (χ1v) is 6.26. The molecule has 19 heavy (non-hydrogen) atoms. The lowest BCUT2D eigenvalue weighted by molar-refractivity contribution is 0.387. The van der Waals surface area contributed by atoms with E-state index in [-0.39, 0.29) is 11.6 Å². The Morgan fingerprint density at radius 3 is 2.74 bits per heavy atom. The molecule has 1 N–H and O–H groups in total. The average molecular weight is 263 g/mol. The molecule has 2 rings (SSSR count). The van der Waals surface area contributed by atoms with E-state index in [0.29, 0.717) is 18.2 Å². The molecule has 0 amide bonds. The zero-order valence-corrected chi connectivity index (χ0v) is 11.4. The molecule has 0 bridgehead atoms. The van der Waals surface area contributed by atoms with Crippen LogP contribution in [0.15, 0.2) is 34.9 Å². The lowest BCUT2D eigenvalue weighted by atomic mass is 10.1. The van der Waals surface area contributed by atoms with Gasteiger partial charge in [0.05, 0.1) is 19.9 Å². The fourth-order valence-electron chi connectivity index (χ4n) is 1.89. The summed E-state index contributed by atoms with van der Waals surface area (Å²) in [5.74, 6) is 0.597. The van der Waals surface area contributed by atoms with Crippen LogP contribution in [-0.4, -0.2) is 13.2 Å². The normalized spacial score (nSPS) is 11.0. The summed E-state index contributed by atoms with van der Waals surface area (Å²) in [7, 11) is 1.46. The van der Waals surface area contributed by atoms with Crippen LogP contribution in [0.4, 0.5) is 4.39 Å². The summed E-state index contributed by atoms with van der Waals surface area (Å²) in [6.07, 6.45) is 1.57. The molecule has 102 valence electrons. The van der Waals surface area contributed by atoms with Gasteiger partial charge in [-0.2, -0.15) is 0 Å². The fraction of sp³-hybridized carbons (Fsp3) is 0.333. The molecule has 1 aromatic heterocycles. The van der Waals surface area contributed by atoms with Gasteiger partial charge >= 0.3 is 0 Å². The Labute approximate surface area is 112 Å². The topological polar surface area (TPSA) is 34.4 Å². The Morgan fingerprint density at radius 1 is 1.26 bits per heavy atom. The molecule has 0 atom stereocenters. The summed E-state index contributed by atoms with van der Waals surface area (Å²) >= 11 is 0. The third-order valence-electron chi connectivity index (χ3n) is 2.89. The highest BCUT2D eigenvalue weighted by Crippen LogP contribution is 2.31. The lowest BCUT2D eigenvalue weighted by Crippen LogP contribution is -2.21. The number of furan rings is 1. The maximum absolute atomic E-state index is 14.2. The van der Waals surface area contributed by atoms with Crippen molar-refractivity contribution >= 4 is 0 Å². The quantitative estimate of drug-likeness (QED) is 0.895. The molecule has 0 aliphatic heterocycles. The van der Waals surface area contributed by atoms with Crippen LogP contribution in [0.2, 0.25) is 0 Å². The predicted molar refractivity (Wildman–Crippen MR) is 72.6 cm³/mol. The first kappa shape index (κ1) is 13.6. The smallest absolute Gasteiger partial charge is 0.172 e. The van der Waals surface area contributed by atoms with E-state index < -0.39 is 0 Å². The first-order chi connectivity index (χ1) is 9.13. The molecule has 3 nitrogen and oxygen atoms in total. The van der Waals surface area contributed by atoms with Crippen molar-refractivity contribution in [3.05, 3.63) is 42.1 Å². The second kappa shape index (κ2) is 5.89. The van der Waals surface area contributed by atoms with Crippen LogP contribution in [0.1, 0.15) is 19.6 Å². The molecule has 0 spiro atoms. The van der Waals surface area contributed by atoms with Crippen molar-refractivity contribution in [2.24, 2.45) is 0 Å². The first-order valence-electron chi connectivity index (χ1n) is 6.26. The molecule has 1 heterocycles. The second-order valence-electron chi connectivity index (χ2n) is 4.61. The van der Waals surface area contributed by atoms with Gasteiger partial charge in [-0.3, -0.25) is 0 Å². The van der Waals surface area contributed by atoms with Crippen molar-refractivity contribution in [2.75, 3.05) is 7.11 Å². The fourth-order valence-corrected chi connectivity index (χ4v) is 1.89. The van der Waals surface area contributed by atoms with Crippen LogP contribution in [0.3, 0.4) is 0 Å². The molecule has 0 aliphatic carbocycles. The molecule has 1 aromatic carbocycles. The summed E-state index contributed by atoms with van der Waals surface area (Å²) in [4.78, 5) is 0. The summed E-state index contributed by atoms with van der Waals surface area (Å²) in [6.45, 7) is 4.67. The van der Waals surface area contributed by atoms with Gasteiger partial charge in [0, 0.05) is 17.2 Å². The molecule has 0 aliphatic rings. The number of methoxy groups -OCH3 is 1. The molecule has 0 fully saturated rings. The van der Waals surface area contributed by atoms with Gasteiger partial charge in [0.25, 0.3) is 0 Å². The van der Waals surface area contributed by atoms with E-state index >= 15 is 0 Å². The molecule has 0 radical (unpaired) electrons. The van der Waals surface area contributed by atoms with E-state index in [0.717, 1.165) is 11.3 Å². The second-order valence-corrected chi connectivity index (χ2v) is 4.61. The maximum Gasteiger partial charge on any atom is 0.172 e. The molecule has 2 aromatic rings. The number of halogens is 1. The third-order valence-corrected chi connectivity index (χ3v) is 2.89. The van der Waals surface area contributed by atoms with Crippen molar-refractivity contribution in [3.8, 4) is 16.9 Å². The highest BCUT2D eigenvalue weighted by atomic mass is 19.1. The number of rotatable bonds is 5. The van der Waals surface area contributed by atoms with Gasteiger partial charge < -0.3 is 14.5 Å². The van der Waals surface area contributed by atoms with Crippen LogP contribution in [-0.2, 0) is 6.54 Å². The van der Waals surface area contributed by atoms with Crippen molar-refractivity contribution < 1.29 is 13.5 Å². The van der Waals surface area contributed by atoms with E-state index in [2.05, 4.69) is 19.2 Å². The lowest BCUT2D eigenvalue weighted by Gasteiger charge is -2.10. The van der Waals surface area contributed by atoms with Gasteiger partial charge in [0.2, 0.25) is 0 Å². The Morgan fingerprint density at radius 2 is 2.05 bits per heavy atom. The summed E-state index contributed by atoms with van der Waals surface area (Å²) in [5, 5.41) is 3.26. The Kier molecular flexibility index (Phi) is 4.22. The number of hydrogen-bond donors (Lipinski definition) is 1. The molecule has 4 heteroatoms. The van der Waals surface area contributed by atoms with Gasteiger partial charge in [-0.1, -0.05) is 26.0 Å². The number of ether oxygens (including phenoxy) is 1. The summed E-state index contributed by atoms with van der Waals surface area (Å²) < 4.78 is 24.7. The van der Waals surface area contributed by atoms with Crippen LogP contribution in [0.5, 0.6) is 5.75 Å². The van der Waals surface area contributed by atoms with Crippen molar-refractivity contribution in [1.82, 2.24) is 5.32 Å². The standard InChI is InChI=1S/C15H18FNO2/c1-10(2)17-9-14-11(7-8-19-14)12-5-4-6-13(18-3)15(12)16/h4-8,10,17H,9H2,1-3H3. The minimum absolute atomic E-state index is 0.237. The Hall–Kier alpha value is -1.81. The van der Waals surface area contributed by atoms with Crippen LogP contribution >= 0.6 is 0 Å².